The van der Waals surface area contributed by atoms with Gasteiger partial charge in [-0.2, -0.15) is 0 Å². The molecule has 1 heterocycles. The van der Waals surface area contributed by atoms with Crippen LogP contribution in [0.3, 0.4) is 0 Å². The Bertz CT molecular complexity index is 768. The predicted molar refractivity (Wildman–Crippen MR) is 97.3 cm³/mol. The molecule has 4 nitrogen and oxygen atoms in total. The van der Waals surface area contributed by atoms with E-state index in [0.29, 0.717) is 12.0 Å². The summed E-state index contributed by atoms with van der Waals surface area (Å²) < 4.78 is 0. The topological polar surface area (TPSA) is 52.6 Å². The molecular weight excluding hydrogens is 312 g/mol. The zero-order valence-corrected chi connectivity index (χ0v) is 14.3. The summed E-state index contributed by atoms with van der Waals surface area (Å²) in [4.78, 5) is 15.3. The van der Waals surface area contributed by atoms with E-state index in [1.807, 2.05) is 48.5 Å². The van der Waals surface area contributed by atoms with E-state index in [2.05, 4.69) is 10.2 Å². The highest BCUT2D eigenvalue weighted by atomic mass is 16.3. The van der Waals surface area contributed by atoms with Crippen LogP contribution < -0.4 is 5.32 Å². The normalized spacial score (nSPS) is 22.8. The highest BCUT2D eigenvalue weighted by Crippen LogP contribution is 2.31. The number of benzene rings is 2. The molecule has 2 aromatic carbocycles. The number of carbonyl (C=O) groups is 1. The number of hydrogen-bond acceptors (Lipinski definition) is 3. The summed E-state index contributed by atoms with van der Waals surface area (Å²) in [5, 5.41) is 13.4. The number of carbonyl (C=O) groups excluding carboxylic acids is 1. The van der Waals surface area contributed by atoms with E-state index in [1.54, 1.807) is 0 Å². The van der Waals surface area contributed by atoms with Gasteiger partial charge in [-0.05, 0) is 48.7 Å². The summed E-state index contributed by atoms with van der Waals surface area (Å²) in [7, 11) is 0. The molecule has 1 aliphatic heterocycles. The van der Waals surface area contributed by atoms with E-state index < -0.39 is 6.10 Å². The van der Waals surface area contributed by atoms with E-state index in [9.17, 15) is 9.90 Å². The van der Waals surface area contributed by atoms with Crippen molar-refractivity contribution in [3.63, 3.8) is 0 Å². The van der Waals surface area contributed by atoms with Gasteiger partial charge in [-0.25, -0.2) is 0 Å². The van der Waals surface area contributed by atoms with Crippen molar-refractivity contribution in [3.8, 4) is 0 Å². The fourth-order valence-electron chi connectivity index (χ4n) is 4.03. The number of rotatable bonds is 4. The monoisotopic (exact) mass is 336 g/mol. The zero-order chi connectivity index (χ0) is 17.2. The van der Waals surface area contributed by atoms with Gasteiger partial charge in [0, 0.05) is 18.5 Å². The van der Waals surface area contributed by atoms with Gasteiger partial charge in [0.05, 0.1) is 12.1 Å². The molecule has 1 saturated heterocycles. The molecule has 2 N–H and O–H groups in total. The minimum atomic E-state index is -0.563. The van der Waals surface area contributed by atoms with Crippen molar-refractivity contribution in [1.29, 1.82) is 0 Å². The molecule has 2 aromatic rings. The minimum Gasteiger partial charge on any atom is -0.390 e. The van der Waals surface area contributed by atoms with E-state index in [-0.39, 0.29) is 11.9 Å². The molecule has 0 bridgehead atoms. The Morgan fingerprint density at radius 1 is 1.08 bits per heavy atom. The van der Waals surface area contributed by atoms with Crippen LogP contribution in [0.4, 0.5) is 0 Å². The molecule has 2 aliphatic rings. The van der Waals surface area contributed by atoms with Crippen LogP contribution >= 0.6 is 0 Å². The summed E-state index contributed by atoms with van der Waals surface area (Å²) in [6.45, 7) is 3.02. The lowest BCUT2D eigenvalue weighted by Crippen LogP contribution is -2.34. The van der Waals surface area contributed by atoms with Gasteiger partial charge >= 0.3 is 0 Å². The fraction of sp³-hybridized carbons (Fsp3) is 0.381. The molecule has 0 spiro atoms. The van der Waals surface area contributed by atoms with E-state index in [4.69, 9.17) is 0 Å². The van der Waals surface area contributed by atoms with E-state index >= 15 is 0 Å². The highest BCUT2D eigenvalue weighted by Gasteiger charge is 2.32. The highest BCUT2D eigenvalue weighted by molar-refractivity contribution is 5.96. The van der Waals surface area contributed by atoms with Gasteiger partial charge in [0.15, 0.2) is 0 Å². The van der Waals surface area contributed by atoms with Crippen LogP contribution in [-0.4, -0.2) is 35.1 Å². The molecule has 2 atom stereocenters. The van der Waals surface area contributed by atoms with Crippen LogP contribution in [-0.2, 0) is 13.0 Å². The van der Waals surface area contributed by atoms with Gasteiger partial charge in [0.2, 0.25) is 0 Å². The fourth-order valence-corrected chi connectivity index (χ4v) is 4.03. The first kappa shape index (κ1) is 16.3. The van der Waals surface area contributed by atoms with Crippen LogP contribution in [0.25, 0.3) is 0 Å². The maximum atomic E-state index is 12.9. The second-order valence-corrected chi connectivity index (χ2v) is 7.06. The first-order chi connectivity index (χ1) is 12.2. The largest absolute Gasteiger partial charge is 0.390 e. The number of nitrogens with one attached hydrogen (secondary N) is 1. The van der Waals surface area contributed by atoms with Gasteiger partial charge in [-0.1, -0.05) is 42.5 Å². The molecule has 4 heteroatoms. The molecule has 25 heavy (non-hydrogen) atoms. The average molecular weight is 336 g/mol. The van der Waals surface area contributed by atoms with Crippen molar-refractivity contribution in [1.82, 2.24) is 10.2 Å². The molecule has 130 valence electrons. The van der Waals surface area contributed by atoms with Crippen LogP contribution in [0, 0.1) is 0 Å². The van der Waals surface area contributed by atoms with Crippen molar-refractivity contribution in [2.75, 3.05) is 13.1 Å². The van der Waals surface area contributed by atoms with Gasteiger partial charge in [-0.3, -0.25) is 9.69 Å². The van der Waals surface area contributed by atoms with Crippen LogP contribution in [0.15, 0.2) is 48.5 Å². The minimum absolute atomic E-state index is 0.101. The van der Waals surface area contributed by atoms with Crippen molar-refractivity contribution in [2.45, 2.75) is 38.0 Å². The predicted octanol–water partition coefficient (Wildman–Crippen LogP) is 2.67. The smallest absolute Gasteiger partial charge is 0.252 e. The number of fused-ring (bicyclic) bond motifs is 1. The lowest BCUT2D eigenvalue weighted by atomic mass is 10.0. The Hall–Kier alpha value is -2.17. The summed E-state index contributed by atoms with van der Waals surface area (Å²) in [5.41, 5.74) is 3.92. The molecule has 1 fully saturated rings. The van der Waals surface area contributed by atoms with Crippen LogP contribution in [0.2, 0.25) is 0 Å². The molecule has 4 rings (SSSR count). The van der Waals surface area contributed by atoms with Crippen molar-refractivity contribution < 1.29 is 9.90 Å². The van der Waals surface area contributed by atoms with Gasteiger partial charge in [0.1, 0.15) is 0 Å². The Balaban J connectivity index is 1.53. The standard InChI is InChI=1S/C21H24N2O2/c24-19-13-15-7-1-3-9-17(15)20(19)22-21(25)18-10-4-2-8-16(18)14-23-11-5-6-12-23/h1-4,7-10,19-20,24H,5-6,11-14H2,(H,22,25)/t19-,20-/m0/s1. The number of aliphatic hydroxyl groups is 1. The van der Waals surface area contributed by atoms with Crippen LogP contribution in [0.1, 0.15) is 45.9 Å². The van der Waals surface area contributed by atoms with E-state index in [0.717, 1.165) is 36.3 Å². The molecular formula is C21H24N2O2. The van der Waals surface area contributed by atoms with Gasteiger partial charge in [-0.15, -0.1) is 0 Å². The maximum absolute atomic E-state index is 12.9. The summed E-state index contributed by atoms with van der Waals surface area (Å²) in [5.74, 6) is -0.101. The third-order valence-electron chi connectivity index (χ3n) is 5.35. The quantitative estimate of drug-likeness (QED) is 0.902. The van der Waals surface area contributed by atoms with E-state index in [1.165, 1.54) is 12.8 Å². The number of hydrogen-bond donors (Lipinski definition) is 2. The third kappa shape index (κ3) is 3.32. The molecule has 0 radical (unpaired) electrons. The number of aliphatic hydroxyl groups excluding tert-OH is 1. The number of nitrogens with zero attached hydrogens (tertiary/aromatic N) is 1. The van der Waals surface area contributed by atoms with Crippen molar-refractivity contribution in [3.05, 3.63) is 70.8 Å². The molecule has 0 unspecified atom stereocenters. The SMILES string of the molecule is O=C(N[C@H]1c2ccccc2C[C@@H]1O)c1ccccc1CN1CCCC1. The zero-order valence-electron chi connectivity index (χ0n) is 14.3. The summed E-state index contributed by atoms with van der Waals surface area (Å²) >= 11 is 0. The average Bonchev–Trinajstić information content (AvgIpc) is 3.24. The maximum Gasteiger partial charge on any atom is 0.252 e. The number of amides is 1. The lowest BCUT2D eigenvalue weighted by Gasteiger charge is -2.21. The Morgan fingerprint density at radius 2 is 1.80 bits per heavy atom. The van der Waals surface area contributed by atoms with Crippen LogP contribution in [0.5, 0.6) is 0 Å². The lowest BCUT2D eigenvalue weighted by molar-refractivity contribution is 0.0856. The van der Waals surface area contributed by atoms with Gasteiger partial charge in [0.25, 0.3) is 5.91 Å². The first-order valence-corrected chi connectivity index (χ1v) is 9.09. The number of likely N-dealkylation sites (tertiary alicyclic amines) is 1. The Labute approximate surface area is 148 Å². The summed E-state index contributed by atoms with van der Waals surface area (Å²) in [6.07, 6.45) is 2.50. The van der Waals surface area contributed by atoms with Gasteiger partial charge < -0.3 is 10.4 Å². The summed E-state index contributed by atoms with van der Waals surface area (Å²) in [6, 6.07) is 15.4. The second-order valence-electron chi connectivity index (χ2n) is 7.06. The molecule has 0 saturated carbocycles. The van der Waals surface area contributed by atoms with Crippen molar-refractivity contribution in [2.24, 2.45) is 0 Å². The molecule has 0 aromatic heterocycles. The molecule has 1 amide bonds. The third-order valence-corrected chi connectivity index (χ3v) is 5.35. The first-order valence-electron chi connectivity index (χ1n) is 9.09. The Morgan fingerprint density at radius 3 is 2.64 bits per heavy atom. The molecule has 1 aliphatic carbocycles. The second kappa shape index (κ2) is 6.98. The Kier molecular flexibility index (Phi) is 4.55. The van der Waals surface area contributed by atoms with Crippen molar-refractivity contribution >= 4 is 5.91 Å².